The van der Waals surface area contributed by atoms with Gasteiger partial charge in [0.15, 0.2) is 0 Å². The Labute approximate surface area is 79.9 Å². The lowest BCUT2D eigenvalue weighted by molar-refractivity contribution is -0.127. The van der Waals surface area contributed by atoms with Gasteiger partial charge in [-0.15, -0.1) is 0 Å². The topological polar surface area (TPSA) is 43.1 Å². The number of hydrogen-bond acceptors (Lipinski definition) is 2. The van der Waals surface area contributed by atoms with Crippen molar-refractivity contribution in [2.45, 2.75) is 44.9 Å². The fraction of sp³-hybridized carbons (Fsp3) is 0.909. The molecule has 13 heavy (non-hydrogen) atoms. The minimum absolute atomic E-state index is 0.187. The van der Waals surface area contributed by atoms with E-state index >= 15 is 0 Å². The molecule has 0 heterocycles. The van der Waals surface area contributed by atoms with Crippen molar-refractivity contribution >= 4 is 5.78 Å². The molecule has 2 aliphatic rings. The van der Waals surface area contributed by atoms with Crippen molar-refractivity contribution in [3.63, 3.8) is 0 Å². The monoisotopic (exact) mass is 181 g/mol. The zero-order valence-electron chi connectivity index (χ0n) is 8.22. The summed E-state index contributed by atoms with van der Waals surface area (Å²) in [6.07, 6.45) is 8.44. The van der Waals surface area contributed by atoms with Crippen molar-refractivity contribution in [2.75, 3.05) is 6.54 Å². The number of nitrogens with two attached hydrogens (primary N) is 1. The zero-order valence-corrected chi connectivity index (χ0v) is 8.22. The number of carbonyl (C=O) groups is 1. The minimum atomic E-state index is 0.187. The van der Waals surface area contributed by atoms with Crippen molar-refractivity contribution in [3.8, 4) is 0 Å². The molecule has 2 heteroatoms. The smallest absolute Gasteiger partial charge is 0.137 e. The molecule has 0 unspecified atom stereocenters. The standard InChI is InChI=1S/C11H19NO/c12-8-9-7-11(4-1-2-5-11)6-3-10(9)13/h9H,1-8,12H2/t9-/m1/s1. The van der Waals surface area contributed by atoms with Gasteiger partial charge in [-0.3, -0.25) is 4.79 Å². The van der Waals surface area contributed by atoms with E-state index in [1.807, 2.05) is 0 Å². The van der Waals surface area contributed by atoms with Gasteiger partial charge in [0, 0.05) is 18.9 Å². The van der Waals surface area contributed by atoms with Gasteiger partial charge in [-0.25, -0.2) is 0 Å². The third kappa shape index (κ3) is 1.64. The molecule has 0 aromatic carbocycles. The minimum Gasteiger partial charge on any atom is -0.330 e. The van der Waals surface area contributed by atoms with Crippen LogP contribution in [0, 0.1) is 11.3 Å². The van der Waals surface area contributed by atoms with Crippen LogP contribution in [0.4, 0.5) is 0 Å². The van der Waals surface area contributed by atoms with Crippen LogP contribution in [0.15, 0.2) is 0 Å². The van der Waals surface area contributed by atoms with Gasteiger partial charge in [-0.05, 0) is 31.1 Å². The maximum atomic E-state index is 11.5. The lowest BCUT2D eigenvalue weighted by Gasteiger charge is -2.36. The van der Waals surface area contributed by atoms with E-state index in [1.165, 1.54) is 25.7 Å². The van der Waals surface area contributed by atoms with Crippen molar-refractivity contribution < 1.29 is 4.79 Å². The average molecular weight is 181 g/mol. The molecule has 74 valence electrons. The maximum Gasteiger partial charge on any atom is 0.137 e. The summed E-state index contributed by atoms with van der Waals surface area (Å²) < 4.78 is 0. The van der Waals surface area contributed by atoms with E-state index in [4.69, 9.17) is 5.73 Å². The Morgan fingerprint density at radius 3 is 2.62 bits per heavy atom. The Morgan fingerprint density at radius 1 is 1.31 bits per heavy atom. The lowest BCUT2D eigenvalue weighted by Crippen LogP contribution is -2.36. The first-order chi connectivity index (χ1) is 6.26. The third-order valence-corrected chi connectivity index (χ3v) is 3.99. The van der Waals surface area contributed by atoms with Gasteiger partial charge in [0.05, 0.1) is 0 Å². The lowest BCUT2D eigenvalue weighted by atomic mass is 9.68. The van der Waals surface area contributed by atoms with E-state index in [1.54, 1.807) is 0 Å². The van der Waals surface area contributed by atoms with Crippen LogP contribution in [0.3, 0.4) is 0 Å². The molecule has 0 radical (unpaired) electrons. The molecule has 1 spiro atoms. The quantitative estimate of drug-likeness (QED) is 0.671. The number of rotatable bonds is 1. The molecule has 0 aliphatic heterocycles. The molecular formula is C11H19NO. The molecule has 2 aliphatic carbocycles. The summed E-state index contributed by atoms with van der Waals surface area (Å²) in [5.41, 5.74) is 6.15. The molecule has 0 amide bonds. The summed E-state index contributed by atoms with van der Waals surface area (Å²) in [6, 6.07) is 0. The molecule has 0 aromatic rings. The van der Waals surface area contributed by atoms with Crippen molar-refractivity contribution in [3.05, 3.63) is 0 Å². The van der Waals surface area contributed by atoms with Crippen LogP contribution in [0.25, 0.3) is 0 Å². The molecule has 0 bridgehead atoms. The summed E-state index contributed by atoms with van der Waals surface area (Å²) in [4.78, 5) is 11.5. The van der Waals surface area contributed by atoms with Crippen LogP contribution in [0.1, 0.15) is 44.9 Å². The van der Waals surface area contributed by atoms with Crippen molar-refractivity contribution in [2.24, 2.45) is 17.1 Å². The summed E-state index contributed by atoms with van der Waals surface area (Å²) in [5.74, 6) is 0.604. The molecule has 2 nitrogen and oxygen atoms in total. The molecule has 0 saturated heterocycles. The zero-order chi connectivity index (χ0) is 9.31. The Bertz CT molecular complexity index is 206. The third-order valence-electron chi connectivity index (χ3n) is 3.99. The largest absolute Gasteiger partial charge is 0.330 e. The summed E-state index contributed by atoms with van der Waals surface area (Å²) in [5, 5.41) is 0. The molecule has 1 atom stereocenters. The van der Waals surface area contributed by atoms with Crippen LogP contribution in [0.2, 0.25) is 0 Å². The summed E-state index contributed by atoms with van der Waals surface area (Å²) in [6.45, 7) is 0.570. The van der Waals surface area contributed by atoms with Gasteiger partial charge in [0.2, 0.25) is 0 Å². The van der Waals surface area contributed by atoms with Gasteiger partial charge in [-0.2, -0.15) is 0 Å². The highest BCUT2D eigenvalue weighted by Crippen LogP contribution is 2.49. The SMILES string of the molecule is NC[C@H]1CC2(CCCC2)CCC1=O. The van der Waals surface area contributed by atoms with Crippen LogP contribution in [0.5, 0.6) is 0 Å². The number of hydrogen-bond donors (Lipinski definition) is 1. The highest BCUT2D eigenvalue weighted by molar-refractivity contribution is 5.82. The molecule has 0 aromatic heterocycles. The number of Topliss-reactive ketones (excluding diaryl/α,β-unsaturated/α-hetero) is 1. The fourth-order valence-corrected chi connectivity index (χ4v) is 3.12. The van der Waals surface area contributed by atoms with E-state index in [0.717, 1.165) is 19.3 Å². The highest BCUT2D eigenvalue weighted by atomic mass is 16.1. The van der Waals surface area contributed by atoms with E-state index in [0.29, 0.717) is 17.7 Å². The Balaban J connectivity index is 2.05. The molecule has 2 fully saturated rings. The van der Waals surface area contributed by atoms with Gasteiger partial charge in [-0.1, -0.05) is 12.8 Å². The van der Waals surface area contributed by atoms with E-state index in [2.05, 4.69) is 0 Å². The maximum absolute atomic E-state index is 11.5. The Hall–Kier alpha value is -0.370. The molecular weight excluding hydrogens is 162 g/mol. The van der Waals surface area contributed by atoms with Gasteiger partial charge in [0.1, 0.15) is 5.78 Å². The summed E-state index contributed by atoms with van der Waals surface area (Å²) >= 11 is 0. The Kier molecular flexibility index (Phi) is 2.41. The predicted octanol–water partition coefficient (Wildman–Crippen LogP) is 1.87. The van der Waals surface area contributed by atoms with E-state index in [9.17, 15) is 4.79 Å². The van der Waals surface area contributed by atoms with Crippen LogP contribution >= 0.6 is 0 Å². The van der Waals surface area contributed by atoms with E-state index < -0.39 is 0 Å². The number of ketones is 1. The van der Waals surface area contributed by atoms with Gasteiger partial charge in [0.25, 0.3) is 0 Å². The van der Waals surface area contributed by atoms with Crippen LogP contribution < -0.4 is 5.73 Å². The van der Waals surface area contributed by atoms with Gasteiger partial charge < -0.3 is 5.73 Å². The van der Waals surface area contributed by atoms with Crippen molar-refractivity contribution in [1.82, 2.24) is 0 Å². The van der Waals surface area contributed by atoms with Gasteiger partial charge >= 0.3 is 0 Å². The highest BCUT2D eigenvalue weighted by Gasteiger charge is 2.41. The second-order valence-corrected chi connectivity index (χ2v) is 4.81. The second-order valence-electron chi connectivity index (χ2n) is 4.81. The predicted molar refractivity (Wildman–Crippen MR) is 52.3 cm³/mol. The number of carbonyl (C=O) groups excluding carboxylic acids is 1. The first-order valence-electron chi connectivity index (χ1n) is 5.49. The van der Waals surface area contributed by atoms with Crippen LogP contribution in [-0.4, -0.2) is 12.3 Å². The van der Waals surface area contributed by atoms with Crippen molar-refractivity contribution in [1.29, 1.82) is 0 Å². The normalized spacial score (nSPS) is 32.7. The first-order valence-corrected chi connectivity index (χ1v) is 5.49. The Morgan fingerprint density at radius 2 is 2.00 bits per heavy atom. The molecule has 2 rings (SSSR count). The molecule has 2 N–H and O–H groups in total. The summed E-state index contributed by atoms with van der Waals surface area (Å²) in [7, 11) is 0. The average Bonchev–Trinajstić information content (AvgIpc) is 2.59. The second kappa shape index (κ2) is 3.41. The first kappa shape index (κ1) is 9.20. The molecule has 2 saturated carbocycles. The van der Waals surface area contributed by atoms with E-state index in [-0.39, 0.29) is 5.92 Å². The fourth-order valence-electron chi connectivity index (χ4n) is 3.12. The van der Waals surface area contributed by atoms with Crippen LogP contribution in [-0.2, 0) is 4.79 Å².